The average molecular weight is 394 g/mol. The fraction of sp³-hybridized carbons (Fsp3) is 0.333. The molecule has 3 rings (SSSR count). The van der Waals surface area contributed by atoms with Gasteiger partial charge in [-0.1, -0.05) is 35.9 Å². The lowest BCUT2D eigenvalue weighted by Gasteiger charge is -2.37. The van der Waals surface area contributed by atoms with E-state index >= 15 is 0 Å². The van der Waals surface area contributed by atoms with Crippen LogP contribution in [-0.2, 0) is 5.41 Å². The Bertz CT molecular complexity index is 932. The fourth-order valence-electron chi connectivity index (χ4n) is 4.21. The van der Waals surface area contributed by atoms with Gasteiger partial charge in [-0.3, -0.25) is 5.84 Å². The summed E-state index contributed by atoms with van der Waals surface area (Å²) in [5, 5.41) is 11.1. The first kappa shape index (κ1) is 20.8. The van der Waals surface area contributed by atoms with Gasteiger partial charge in [-0.15, -0.1) is 0 Å². The molecule has 0 saturated carbocycles. The van der Waals surface area contributed by atoms with Gasteiger partial charge in [-0.2, -0.15) is 0 Å². The fourth-order valence-corrected chi connectivity index (χ4v) is 4.21. The number of aryl methyl sites for hydroxylation is 1. The van der Waals surface area contributed by atoms with E-state index in [-0.39, 0.29) is 5.75 Å². The van der Waals surface area contributed by atoms with Crippen LogP contribution in [0.2, 0.25) is 0 Å². The van der Waals surface area contributed by atoms with Crippen LogP contribution in [0.3, 0.4) is 0 Å². The van der Waals surface area contributed by atoms with Crippen molar-refractivity contribution >= 4 is 5.69 Å². The number of allylic oxidation sites excluding steroid dienone is 4. The van der Waals surface area contributed by atoms with Crippen molar-refractivity contribution in [2.45, 2.75) is 32.6 Å². The van der Waals surface area contributed by atoms with Crippen LogP contribution in [0, 0.1) is 6.92 Å². The summed E-state index contributed by atoms with van der Waals surface area (Å²) in [6, 6.07) is 12.1. The number of rotatable bonds is 7. The van der Waals surface area contributed by atoms with Gasteiger partial charge in [0.15, 0.2) is 0 Å². The summed E-state index contributed by atoms with van der Waals surface area (Å²) in [5.41, 5.74) is 7.06. The second-order valence-corrected chi connectivity index (χ2v) is 7.42. The normalized spacial score (nSPS) is 18.3. The number of ether oxygens (including phenoxy) is 1. The number of aromatic hydroxyl groups is 1. The van der Waals surface area contributed by atoms with E-state index in [4.69, 9.17) is 10.6 Å². The predicted molar refractivity (Wildman–Crippen MR) is 119 cm³/mol. The molecule has 0 bridgehead atoms. The van der Waals surface area contributed by atoms with Crippen molar-refractivity contribution in [3.05, 3.63) is 77.0 Å². The zero-order chi connectivity index (χ0) is 21.0. The van der Waals surface area contributed by atoms with Gasteiger partial charge in [0.2, 0.25) is 0 Å². The Hall–Kier alpha value is -2.92. The molecule has 0 aromatic heterocycles. The van der Waals surface area contributed by atoms with Crippen LogP contribution in [-0.4, -0.2) is 25.3 Å². The molecular weight excluding hydrogens is 362 g/mol. The van der Waals surface area contributed by atoms with Gasteiger partial charge in [0.1, 0.15) is 11.5 Å². The van der Waals surface area contributed by atoms with E-state index in [0.29, 0.717) is 6.42 Å². The summed E-state index contributed by atoms with van der Waals surface area (Å²) in [7, 11) is 1.68. The highest BCUT2D eigenvalue weighted by Gasteiger charge is 2.38. The van der Waals surface area contributed by atoms with Crippen molar-refractivity contribution in [2.75, 3.05) is 25.1 Å². The third-order valence-electron chi connectivity index (χ3n) is 5.76. The van der Waals surface area contributed by atoms with Gasteiger partial charge in [-0.25, -0.2) is 0 Å². The number of phenolic OH excluding ortho intramolecular Hbond substituents is 1. The second-order valence-electron chi connectivity index (χ2n) is 7.42. The van der Waals surface area contributed by atoms with Crippen LogP contribution in [0.1, 0.15) is 37.0 Å². The summed E-state index contributed by atoms with van der Waals surface area (Å²) in [6.07, 6.45) is 6.66. The zero-order valence-corrected chi connectivity index (χ0v) is 17.7. The molecule has 0 spiro atoms. The molecule has 154 valence electrons. The number of anilines is 1. The Morgan fingerprint density at radius 3 is 2.52 bits per heavy atom. The van der Waals surface area contributed by atoms with E-state index in [1.165, 1.54) is 0 Å². The lowest BCUT2D eigenvalue weighted by atomic mass is 9.68. The van der Waals surface area contributed by atoms with Crippen molar-refractivity contribution in [1.82, 2.24) is 5.43 Å². The maximum atomic E-state index is 11.1. The number of nitrogens with one attached hydrogen (secondary N) is 1. The Labute approximate surface area is 173 Å². The van der Waals surface area contributed by atoms with E-state index < -0.39 is 5.41 Å². The number of benzene rings is 2. The minimum Gasteiger partial charge on any atom is -0.508 e. The largest absolute Gasteiger partial charge is 0.508 e. The van der Waals surface area contributed by atoms with Crippen LogP contribution in [0.4, 0.5) is 5.69 Å². The average Bonchev–Trinajstić information content (AvgIpc) is 2.74. The molecule has 0 saturated heterocycles. The third kappa shape index (κ3) is 3.83. The first-order valence-electron chi connectivity index (χ1n) is 10.1. The molecule has 1 atom stereocenters. The number of phenols is 1. The number of nitrogens with two attached hydrogens (primary N) is 1. The van der Waals surface area contributed by atoms with Gasteiger partial charge in [0, 0.05) is 48.1 Å². The maximum absolute atomic E-state index is 11.1. The second kappa shape index (κ2) is 8.62. The van der Waals surface area contributed by atoms with Crippen molar-refractivity contribution < 1.29 is 9.84 Å². The Morgan fingerprint density at radius 1 is 1.14 bits per heavy atom. The molecule has 0 aliphatic heterocycles. The van der Waals surface area contributed by atoms with Gasteiger partial charge < -0.3 is 20.2 Å². The summed E-state index contributed by atoms with van der Waals surface area (Å²) in [4.78, 5) is 2.22. The molecule has 29 heavy (non-hydrogen) atoms. The lowest BCUT2D eigenvalue weighted by Crippen LogP contribution is -2.34. The standard InChI is InChI=1S/C24H31N3O2/c1-5-27(6-2)19-10-11-20(22(28)15-19)24(13-7-8-18(16-24)26-25)21-14-17(3)9-12-23(21)29-4/h7-15,26,28H,5-6,16,25H2,1-4H3. The van der Waals surface area contributed by atoms with E-state index in [1.54, 1.807) is 7.11 Å². The van der Waals surface area contributed by atoms with Gasteiger partial charge >= 0.3 is 0 Å². The Morgan fingerprint density at radius 2 is 1.90 bits per heavy atom. The molecule has 2 aromatic rings. The van der Waals surface area contributed by atoms with E-state index in [9.17, 15) is 5.11 Å². The molecular formula is C24H31N3O2. The van der Waals surface area contributed by atoms with Crippen molar-refractivity contribution in [3.63, 3.8) is 0 Å². The molecule has 0 fully saturated rings. The number of hydrazine groups is 1. The summed E-state index contributed by atoms with van der Waals surface area (Å²) in [6.45, 7) is 8.05. The molecule has 4 N–H and O–H groups in total. The molecule has 1 unspecified atom stereocenters. The summed E-state index contributed by atoms with van der Waals surface area (Å²) >= 11 is 0. The van der Waals surface area contributed by atoms with Gasteiger partial charge in [-0.05, 0) is 39.0 Å². The highest BCUT2D eigenvalue weighted by Crippen LogP contribution is 2.48. The van der Waals surface area contributed by atoms with E-state index in [2.05, 4.69) is 49.3 Å². The van der Waals surface area contributed by atoms with Crippen molar-refractivity contribution in [3.8, 4) is 11.5 Å². The smallest absolute Gasteiger partial charge is 0.123 e. The molecule has 2 aromatic carbocycles. The van der Waals surface area contributed by atoms with Crippen LogP contribution in [0.5, 0.6) is 11.5 Å². The molecule has 1 aliphatic rings. The first-order valence-corrected chi connectivity index (χ1v) is 10.1. The molecule has 5 heteroatoms. The molecule has 0 amide bonds. The van der Waals surface area contributed by atoms with Crippen LogP contribution >= 0.6 is 0 Å². The maximum Gasteiger partial charge on any atom is 0.123 e. The van der Waals surface area contributed by atoms with Crippen LogP contribution < -0.4 is 20.9 Å². The monoisotopic (exact) mass is 393 g/mol. The molecule has 5 nitrogen and oxygen atoms in total. The number of hydrogen-bond acceptors (Lipinski definition) is 5. The minimum absolute atomic E-state index is 0.265. The predicted octanol–water partition coefficient (Wildman–Crippen LogP) is 4.15. The minimum atomic E-state index is -0.598. The highest BCUT2D eigenvalue weighted by atomic mass is 16.5. The zero-order valence-electron chi connectivity index (χ0n) is 17.7. The first-order chi connectivity index (χ1) is 14.0. The molecule has 0 radical (unpaired) electrons. The number of nitrogens with zero attached hydrogens (tertiary/aromatic N) is 1. The van der Waals surface area contributed by atoms with E-state index in [0.717, 1.165) is 46.9 Å². The quantitative estimate of drug-likeness (QED) is 0.487. The summed E-state index contributed by atoms with van der Waals surface area (Å²) in [5.74, 6) is 6.81. The van der Waals surface area contributed by atoms with Crippen LogP contribution in [0.25, 0.3) is 0 Å². The third-order valence-corrected chi connectivity index (χ3v) is 5.76. The Kier molecular flexibility index (Phi) is 6.18. The van der Waals surface area contributed by atoms with Gasteiger partial charge in [0.05, 0.1) is 12.5 Å². The van der Waals surface area contributed by atoms with Gasteiger partial charge in [0.25, 0.3) is 0 Å². The number of methoxy groups -OCH3 is 1. The number of hydrogen-bond donors (Lipinski definition) is 3. The summed E-state index contributed by atoms with van der Waals surface area (Å²) < 4.78 is 5.71. The van der Waals surface area contributed by atoms with Crippen molar-refractivity contribution in [2.24, 2.45) is 5.84 Å². The van der Waals surface area contributed by atoms with Crippen molar-refractivity contribution in [1.29, 1.82) is 0 Å². The topological polar surface area (TPSA) is 70.8 Å². The highest BCUT2D eigenvalue weighted by molar-refractivity contribution is 5.62. The van der Waals surface area contributed by atoms with Crippen LogP contribution in [0.15, 0.2) is 60.3 Å². The Balaban J connectivity index is 2.23. The molecule has 0 heterocycles. The lowest BCUT2D eigenvalue weighted by molar-refractivity contribution is 0.397. The van der Waals surface area contributed by atoms with E-state index in [1.807, 2.05) is 36.4 Å². The molecule has 1 aliphatic carbocycles. The SMILES string of the molecule is CCN(CC)c1ccc(C2(c3cc(C)ccc3OC)C=CC=C(NN)C2)c(O)c1.